The van der Waals surface area contributed by atoms with Gasteiger partial charge in [0, 0.05) is 24.6 Å². The molecule has 1 atom stereocenters. The average Bonchev–Trinajstić information content (AvgIpc) is 3.26. The molecule has 0 radical (unpaired) electrons. The second-order valence-corrected chi connectivity index (χ2v) is 8.56. The Morgan fingerprint density at radius 1 is 1.03 bits per heavy atom. The summed E-state index contributed by atoms with van der Waals surface area (Å²) in [4.78, 5) is 13.4. The van der Waals surface area contributed by atoms with Crippen molar-refractivity contribution in [2.45, 2.75) is 32.9 Å². The third-order valence-corrected chi connectivity index (χ3v) is 6.04. The van der Waals surface area contributed by atoms with Crippen LogP contribution in [0.1, 0.15) is 51.5 Å². The lowest BCUT2D eigenvalue weighted by atomic mass is 9.97. The Kier molecular flexibility index (Phi) is 7.58. The molecule has 0 saturated heterocycles. The molecule has 0 aliphatic carbocycles. The lowest BCUT2D eigenvalue weighted by Gasteiger charge is -2.19. The fourth-order valence-corrected chi connectivity index (χ4v) is 4.23. The minimum absolute atomic E-state index is 0.0644. The van der Waals surface area contributed by atoms with Crippen LogP contribution in [0, 0.1) is 6.92 Å². The zero-order valence-electron chi connectivity index (χ0n) is 19.4. The molecule has 174 valence electrons. The number of carbonyl (C=O) groups is 1. The monoisotopic (exact) mass is 473 g/mol. The van der Waals surface area contributed by atoms with Crippen molar-refractivity contribution in [3.63, 3.8) is 0 Å². The third-order valence-electron chi connectivity index (χ3n) is 5.67. The molecule has 0 saturated carbocycles. The molecule has 0 fully saturated rings. The SMILES string of the molecule is CCOC(c1ccccc1)c1ccc(Cl)c(CC(=O)c2cc(C)nn2-c2cccc(CN)c2)c1. The molecule has 4 aromatic rings. The summed E-state index contributed by atoms with van der Waals surface area (Å²) >= 11 is 6.53. The number of hydrogen-bond donors (Lipinski definition) is 1. The maximum atomic E-state index is 13.4. The van der Waals surface area contributed by atoms with E-state index in [1.165, 1.54) is 0 Å². The summed E-state index contributed by atoms with van der Waals surface area (Å²) in [5.41, 5.74) is 11.6. The number of nitrogens with two attached hydrogens (primary N) is 1. The first-order chi connectivity index (χ1) is 16.5. The summed E-state index contributed by atoms with van der Waals surface area (Å²) in [6, 6.07) is 25.3. The highest BCUT2D eigenvalue weighted by atomic mass is 35.5. The van der Waals surface area contributed by atoms with E-state index >= 15 is 0 Å². The predicted octanol–water partition coefficient (Wildman–Crippen LogP) is 5.84. The van der Waals surface area contributed by atoms with E-state index in [1.807, 2.05) is 92.7 Å². The Hall–Kier alpha value is -3.25. The van der Waals surface area contributed by atoms with Crippen molar-refractivity contribution < 1.29 is 9.53 Å². The first kappa shape index (κ1) is 23.9. The van der Waals surface area contributed by atoms with E-state index in [9.17, 15) is 4.79 Å². The molecule has 1 unspecified atom stereocenters. The molecule has 1 aromatic heterocycles. The van der Waals surface area contributed by atoms with Crippen LogP contribution in [-0.4, -0.2) is 22.2 Å². The van der Waals surface area contributed by atoms with Gasteiger partial charge in [0.05, 0.1) is 11.4 Å². The Morgan fingerprint density at radius 2 is 1.82 bits per heavy atom. The molecular weight excluding hydrogens is 446 g/mol. The highest BCUT2D eigenvalue weighted by molar-refractivity contribution is 6.31. The summed E-state index contributed by atoms with van der Waals surface area (Å²) in [7, 11) is 0. The van der Waals surface area contributed by atoms with Gasteiger partial charge in [-0.05, 0) is 60.4 Å². The van der Waals surface area contributed by atoms with Crippen LogP contribution in [0.5, 0.6) is 0 Å². The largest absolute Gasteiger partial charge is 0.369 e. The van der Waals surface area contributed by atoms with Crippen molar-refractivity contribution in [2.24, 2.45) is 5.73 Å². The Bertz CT molecular complexity index is 1280. The van der Waals surface area contributed by atoms with E-state index in [2.05, 4.69) is 5.10 Å². The predicted molar refractivity (Wildman–Crippen MR) is 136 cm³/mol. The average molecular weight is 474 g/mol. The fourth-order valence-electron chi connectivity index (χ4n) is 4.05. The quantitative estimate of drug-likeness (QED) is 0.310. The molecule has 4 rings (SSSR count). The van der Waals surface area contributed by atoms with Gasteiger partial charge in [-0.2, -0.15) is 5.10 Å². The van der Waals surface area contributed by atoms with Gasteiger partial charge in [-0.1, -0.05) is 66.2 Å². The molecule has 1 heterocycles. The Balaban J connectivity index is 1.66. The van der Waals surface area contributed by atoms with Crippen LogP contribution >= 0.6 is 11.6 Å². The van der Waals surface area contributed by atoms with Crippen LogP contribution in [0.3, 0.4) is 0 Å². The van der Waals surface area contributed by atoms with Gasteiger partial charge in [-0.15, -0.1) is 0 Å². The third kappa shape index (κ3) is 5.28. The number of nitrogens with zero attached hydrogens (tertiary/aromatic N) is 2. The first-order valence-corrected chi connectivity index (χ1v) is 11.7. The van der Waals surface area contributed by atoms with Gasteiger partial charge in [0.1, 0.15) is 11.8 Å². The summed E-state index contributed by atoms with van der Waals surface area (Å²) in [5, 5.41) is 5.10. The second kappa shape index (κ2) is 10.8. The molecule has 0 bridgehead atoms. The zero-order valence-corrected chi connectivity index (χ0v) is 20.1. The molecule has 0 spiro atoms. The summed E-state index contributed by atoms with van der Waals surface area (Å²) in [6.45, 7) is 4.83. The van der Waals surface area contributed by atoms with Crippen molar-refractivity contribution >= 4 is 17.4 Å². The minimum atomic E-state index is -0.232. The van der Waals surface area contributed by atoms with Crippen LogP contribution in [0.25, 0.3) is 5.69 Å². The Labute approximate surface area is 205 Å². The Morgan fingerprint density at radius 3 is 2.56 bits per heavy atom. The molecule has 5 nitrogen and oxygen atoms in total. The maximum absolute atomic E-state index is 13.4. The summed E-state index contributed by atoms with van der Waals surface area (Å²) < 4.78 is 7.73. The smallest absolute Gasteiger partial charge is 0.185 e. The number of aryl methyl sites for hydroxylation is 1. The van der Waals surface area contributed by atoms with Crippen LogP contribution in [-0.2, 0) is 17.7 Å². The number of Topliss-reactive ketones (excluding diaryl/α,β-unsaturated/α-hetero) is 1. The van der Waals surface area contributed by atoms with E-state index in [0.717, 1.165) is 33.6 Å². The van der Waals surface area contributed by atoms with Gasteiger partial charge in [0.15, 0.2) is 5.78 Å². The van der Waals surface area contributed by atoms with Crippen molar-refractivity contribution in [1.82, 2.24) is 9.78 Å². The van der Waals surface area contributed by atoms with Gasteiger partial charge in [-0.25, -0.2) is 4.68 Å². The van der Waals surface area contributed by atoms with Crippen molar-refractivity contribution in [3.8, 4) is 5.69 Å². The number of rotatable bonds is 9. The van der Waals surface area contributed by atoms with E-state index in [0.29, 0.717) is 23.9 Å². The second-order valence-electron chi connectivity index (χ2n) is 8.15. The minimum Gasteiger partial charge on any atom is -0.369 e. The van der Waals surface area contributed by atoms with Crippen LogP contribution < -0.4 is 5.73 Å². The normalized spacial score (nSPS) is 12.0. The lowest BCUT2D eigenvalue weighted by Crippen LogP contribution is -2.13. The summed E-state index contributed by atoms with van der Waals surface area (Å²) in [6.07, 6.45) is -0.0775. The highest BCUT2D eigenvalue weighted by Crippen LogP contribution is 2.30. The summed E-state index contributed by atoms with van der Waals surface area (Å²) in [5.74, 6) is -0.0644. The number of ether oxygens (including phenoxy) is 1. The molecule has 0 amide bonds. The van der Waals surface area contributed by atoms with Crippen molar-refractivity contribution in [2.75, 3.05) is 6.61 Å². The van der Waals surface area contributed by atoms with Crippen LogP contribution in [0.2, 0.25) is 5.02 Å². The van der Waals surface area contributed by atoms with Crippen LogP contribution in [0.15, 0.2) is 78.9 Å². The van der Waals surface area contributed by atoms with E-state index in [-0.39, 0.29) is 18.3 Å². The molecule has 3 aromatic carbocycles. The number of aromatic nitrogens is 2. The van der Waals surface area contributed by atoms with Gasteiger partial charge < -0.3 is 10.5 Å². The van der Waals surface area contributed by atoms with Gasteiger partial charge in [0.2, 0.25) is 0 Å². The maximum Gasteiger partial charge on any atom is 0.185 e. The number of halogens is 1. The fraction of sp³-hybridized carbons (Fsp3) is 0.214. The van der Waals surface area contributed by atoms with E-state index < -0.39 is 0 Å². The standard InChI is InChI=1S/C28H28ClN3O2/c1-3-34-28(21-9-5-4-6-10-21)22-12-13-25(29)23(16-22)17-27(33)26-14-19(2)31-32(26)24-11-7-8-20(15-24)18-30/h4-16,28H,3,17-18,30H2,1-2H3. The van der Waals surface area contributed by atoms with E-state index in [4.69, 9.17) is 22.1 Å². The topological polar surface area (TPSA) is 70.1 Å². The molecular formula is C28H28ClN3O2. The highest BCUT2D eigenvalue weighted by Gasteiger charge is 2.20. The van der Waals surface area contributed by atoms with Crippen LogP contribution in [0.4, 0.5) is 0 Å². The number of benzene rings is 3. The molecule has 0 aliphatic rings. The number of hydrogen-bond acceptors (Lipinski definition) is 4. The van der Waals surface area contributed by atoms with Gasteiger partial charge >= 0.3 is 0 Å². The zero-order chi connectivity index (χ0) is 24.1. The molecule has 0 aliphatic heterocycles. The number of carbonyl (C=O) groups excluding carboxylic acids is 1. The number of ketones is 1. The van der Waals surface area contributed by atoms with Crippen molar-refractivity contribution in [1.29, 1.82) is 0 Å². The van der Waals surface area contributed by atoms with Gasteiger partial charge in [0.25, 0.3) is 0 Å². The molecule has 6 heteroatoms. The first-order valence-electron chi connectivity index (χ1n) is 11.3. The van der Waals surface area contributed by atoms with Gasteiger partial charge in [-0.3, -0.25) is 4.79 Å². The van der Waals surface area contributed by atoms with E-state index in [1.54, 1.807) is 4.68 Å². The molecule has 2 N–H and O–H groups in total. The van der Waals surface area contributed by atoms with Crippen molar-refractivity contribution in [3.05, 3.63) is 118 Å². The molecule has 34 heavy (non-hydrogen) atoms. The lowest BCUT2D eigenvalue weighted by molar-refractivity contribution is 0.0911.